The maximum absolute atomic E-state index is 11.5. The van der Waals surface area contributed by atoms with Crippen LogP contribution >= 0.6 is 11.6 Å². The van der Waals surface area contributed by atoms with Crippen molar-refractivity contribution in [2.75, 3.05) is 18.2 Å². The molecular formula is C32H25ClN4O2. The third kappa shape index (κ3) is 6.14. The van der Waals surface area contributed by atoms with Crippen LogP contribution in [0.3, 0.4) is 0 Å². The quantitative estimate of drug-likeness (QED) is 0.218. The summed E-state index contributed by atoms with van der Waals surface area (Å²) in [4.78, 5) is 21.0. The van der Waals surface area contributed by atoms with E-state index in [1.54, 1.807) is 24.5 Å². The van der Waals surface area contributed by atoms with E-state index in [1.807, 2.05) is 84.9 Å². The van der Waals surface area contributed by atoms with Gasteiger partial charge in [0.05, 0.1) is 18.5 Å². The summed E-state index contributed by atoms with van der Waals surface area (Å²) in [7, 11) is 1.33. The molecular weight excluding hydrogens is 508 g/mol. The number of carbonyl (C=O) groups is 1. The van der Waals surface area contributed by atoms with Crippen molar-refractivity contribution < 1.29 is 9.53 Å². The Bertz CT molecular complexity index is 1630. The zero-order valence-electron chi connectivity index (χ0n) is 21.1. The highest BCUT2D eigenvalue weighted by Gasteiger charge is 2.12. The summed E-state index contributed by atoms with van der Waals surface area (Å²) in [5, 5.41) is 3.28. The number of nitrogens with one attached hydrogen (secondary N) is 1. The molecule has 1 amide bonds. The van der Waals surface area contributed by atoms with Crippen LogP contribution in [0.15, 0.2) is 109 Å². The Kier molecular flexibility index (Phi) is 7.66. The maximum Gasteiger partial charge on any atom is 0.411 e. The molecule has 39 heavy (non-hydrogen) atoms. The summed E-state index contributed by atoms with van der Waals surface area (Å²) in [5.41, 5.74) is 14.6. The lowest BCUT2D eigenvalue weighted by Gasteiger charge is -2.12. The van der Waals surface area contributed by atoms with Crippen LogP contribution in [0.1, 0.15) is 17.0 Å². The molecule has 0 spiro atoms. The predicted octanol–water partition coefficient (Wildman–Crippen LogP) is 7.81. The van der Waals surface area contributed by atoms with Gasteiger partial charge >= 0.3 is 6.09 Å². The minimum atomic E-state index is -0.513. The van der Waals surface area contributed by atoms with Crippen LogP contribution in [0.25, 0.3) is 33.9 Å². The number of nitrogens with two attached hydrogens (primary N) is 1. The number of pyridine rings is 2. The Morgan fingerprint density at radius 3 is 2.33 bits per heavy atom. The number of hydrogen-bond donors (Lipinski definition) is 2. The highest BCUT2D eigenvalue weighted by atomic mass is 35.5. The van der Waals surface area contributed by atoms with Crippen molar-refractivity contribution in [3.63, 3.8) is 0 Å². The third-order valence-corrected chi connectivity index (χ3v) is 6.40. The van der Waals surface area contributed by atoms with Crippen LogP contribution < -0.4 is 11.1 Å². The first-order valence-corrected chi connectivity index (χ1v) is 12.6. The molecule has 0 atom stereocenters. The molecule has 0 unspecified atom stereocenters. The summed E-state index contributed by atoms with van der Waals surface area (Å²) >= 11 is 6.20. The minimum absolute atomic E-state index is 0.513. The first-order chi connectivity index (χ1) is 19.0. The Balaban J connectivity index is 1.52. The molecule has 0 aliphatic heterocycles. The van der Waals surface area contributed by atoms with Crippen LogP contribution in [0.2, 0.25) is 5.02 Å². The number of nitrogens with zero attached hydrogens (tertiary/aromatic N) is 2. The second-order valence-corrected chi connectivity index (χ2v) is 9.19. The molecule has 0 bridgehead atoms. The zero-order chi connectivity index (χ0) is 27.2. The van der Waals surface area contributed by atoms with Gasteiger partial charge in [0.25, 0.3) is 0 Å². The number of ether oxygens (including phenoxy) is 1. The molecule has 3 aromatic carbocycles. The van der Waals surface area contributed by atoms with Crippen molar-refractivity contribution in [1.29, 1.82) is 0 Å². The Labute approximate surface area is 231 Å². The Morgan fingerprint density at radius 2 is 1.62 bits per heavy atom. The van der Waals surface area contributed by atoms with E-state index in [-0.39, 0.29) is 0 Å². The molecule has 7 heteroatoms. The molecule has 2 aromatic heterocycles. The van der Waals surface area contributed by atoms with Crippen molar-refractivity contribution >= 4 is 40.7 Å². The van der Waals surface area contributed by atoms with Gasteiger partial charge in [-0.05, 0) is 71.3 Å². The molecule has 2 heterocycles. The van der Waals surface area contributed by atoms with Crippen LogP contribution in [-0.2, 0) is 4.74 Å². The van der Waals surface area contributed by atoms with E-state index in [0.717, 1.165) is 44.8 Å². The van der Waals surface area contributed by atoms with Crippen molar-refractivity contribution in [2.45, 2.75) is 0 Å². The summed E-state index contributed by atoms with van der Waals surface area (Å²) in [6.45, 7) is 0. The second-order valence-electron chi connectivity index (χ2n) is 8.76. The molecule has 6 nitrogen and oxygen atoms in total. The molecule has 0 saturated heterocycles. The second kappa shape index (κ2) is 11.6. The Morgan fingerprint density at radius 1 is 0.846 bits per heavy atom. The van der Waals surface area contributed by atoms with E-state index in [1.165, 1.54) is 7.11 Å². The smallest absolute Gasteiger partial charge is 0.411 e. The molecule has 0 radical (unpaired) electrons. The molecule has 192 valence electrons. The van der Waals surface area contributed by atoms with Crippen LogP contribution in [-0.4, -0.2) is 23.2 Å². The van der Waals surface area contributed by atoms with E-state index in [0.29, 0.717) is 16.4 Å². The fraction of sp³-hybridized carbons (Fsp3) is 0.0312. The number of anilines is 2. The number of amides is 1. The molecule has 0 saturated carbocycles. The molecule has 5 rings (SSSR count). The first-order valence-electron chi connectivity index (χ1n) is 12.2. The van der Waals surface area contributed by atoms with Gasteiger partial charge in [-0.15, -0.1) is 0 Å². The van der Waals surface area contributed by atoms with E-state index in [9.17, 15) is 4.79 Å². The van der Waals surface area contributed by atoms with Crippen LogP contribution in [0.4, 0.5) is 16.2 Å². The summed E-state index contributed by atoms with van der Waals surface area (Å²) < 4.78 is 4.66. The normalized spacial score (nSPS) is 11.2. The van der Waals surface area contributed by atoms with Gasteiger partial charge in [0.2, 0.25) is 0 Å². The van der Waals surface area contributed by atoms with Gasteiger partial charge in [-0.3, -0.25) is 15.3 Å². The molecule has 0 aliphatic rings. The number of halogens is 1. The average molecular weight is 533 g/mol. The standard InChI is InChI=1S/C32H25ClN4O2/c1-39-32(38)37-26-11-7-22(8-12-26)23-15-16-35-31(18-23)28(17-21-5-3-2-4-6-21)30-14-9-24(20-36-30)27-19-25(33)10-13-29(27)34/h2-20H,34H2,1H3,(H,37,38). The number of nitrogen functional groups attached to an aromatic ring is 1. The number of methoxy groups -OCH3 is 1. The van der Waals surface area contributed by atoms with Gasteiger partial charge < -0.3 is 10.5 Å². The SMILES string of the molecule is COC(=O)Nc1ccc(-c2ccnc(C(=Cc3ccccc3)c3ccc(-c4cc(Cl)ccc4N)cn3)c2)cc1. The molecule has 5 aromatic rings. The lowest BCUT2D eigenvalue weighted by atomic mass is 9.98. The van der Waals surface area contributed by atoms with Gasteiger partial charge in [-0.2, -0.15) is 0 Å². The number of carbonyl (C=O) groups excluding carboxylic acids is 1. The van der Waals surface area contributed by atoms with Crippen LogP contribution in [0, 0.1) is 0 Å². The van der Waals surface area contributed by atoms with Crippen molar-refractivity contribution in [2.24, 2.45) is 0 Å². The van der Waals surface area contributed by atoms with Gasteiger partial charge in [0.1, 0.15) is 0 Å². The van der Waals surface area contributed by atoms with E-state index in [2.05, 4.69) is 16.1 Å². The van der Waals surface area contributed by atoms with Gasteiger partial charge in [0, 0.05) is 45.5 Å². The van der Waals surface area contributed by atoms with Crippen molar-refractivity contribution in [3.8, 4) is 22.3 Å². The zero-order valence-corrected chi connectivity index (χ0v) is 21.9. The first kappa shape index (κ1) is 25.7. The number of benzene rings is 3. The maximum atomic E-state index is 11.5. The van der Waals surface area contributed by atoms with Crippen LogP contribution in [0.5, 0.6) is 0 Å². The lowest BCUT2D eigenvalue weighted by molar-refractivity contribution is 0.187. The number of aromatic nitrogens is 2. The molecule has 0 aliphatic carbocycles. The number of hydrogen-bond acceptors (Lipinski definition) is 5. The van der Waals surface area contributed by atoms with Gasteiger partial charge in [-0.25, -0.2) is 4.79 Å². The molecule has 0 fully saturated rings. The van der Waals surface area contributed by atoms with Gasteiger partial charge in [-0.1, -0.05) is 60.1 Å². The van der Waals surface area contributed by atoms with Gasteiger partial charge in [0.15, 0.2) is 0 Å². The van der Waals surface area contributed by atoms with Crippen molar-refractivity contribution in [3.05, 3.63) is 131 Å². The predicted molar refractivity (Wildman–Crippen MR) is 158 cm³/mol. The topological polar surface area (TPSA) is 90.1 Å². The summed E-state index contributed by atoms with van der Waals surface area (Å²) in [5.74, 6) is 0. The van der Waals surface area contributed by atoms with E-state index in [4.69, 9.17) is 27.3 Å². The average Bonchev–Trinajstić information content (AvgIpc) is 2.98. The minimum Gasteiger partial charge on any atom is -0.453 e. The van der Waals surface area contributed by atoms with E-state index < -0.39 is 6.09 Å². The highest BCUT2D eigenvalue weighted by Crippen LogP contribution is 2.32. The molecule has 3 N–H and O–H groups in total. The summed E-state index contributed by atoms with van der Waals surface area (Å²) in [6, 6.07) is 30.9. The fourth-order valence-electron chi connectivity index (χ4n) is 4.16. The Hall–Kier alpha value is -4.94. The largest absolute Gasteiger partial charge is 0.453 e. The summed E-state index contributed by atoms with van der Waals surface area (Å²) in [6.07, 6.45) is 5.14. The van der Waals surface area contributed by atoms with E-state index >= 15 is 0 Å². The fourth-order valence-corrected chi connectivity index (χ4v) is 4.33. The third-order valence-electron chi connectivity index (χ3n) is 6.16. The van der Waals surface area contributed by atoms with Crippen molar-refractivity contribution in [1.82, 2.24) is 9.97 Å². The number of rotatable bonds is 6. The monoisotopic (exact) mass is 532 g/mol. The highest BCUT2D eigenvalue weighted by molar-refractivity contribution is 6.31. The lowest BCUT2D eigenvalue weighted by Crippen LogP contribution is -2.10.